The maximum absolute atomic E-state index is 12.7. The summed E-state index contributed by atoms with van der Waals surface area (Å²) >= 11 is 0. The lowest BCUT2D eigenvalue weighted by Gasteiger charge is -2.16. The topological polar surface area (TPSA) is 64.2 Å². The van der Waals surface area contributed by atoms with Crippen LogP contribution in [-0.4, -0.2) is 22.8 Å². The van der Waals surface area contributed by atoms with Gasteiger partial charge in [0.15, 0.2) is 17.3 Å². The Morgan fingerprint density at radius 3 is 2.85 bits per heavy atom. The molecular weight excluding hydrogens is 328 g/mol. The molecule has 0 atom stereocenters. The molecule has 1 aliphatic heterocycles. The molecule has 5 nitrogen and oxygen atoms in total. The van der Waals surface area contributed by atoms with E-state index in [1.807, 2.05) is 54.6 Å². The Kier molecular flexibility index (Phi) is 3.38. The Hall–Kier alpha value is -3.34. The molecule has 0 fully saturated rings. The Labute approximate surface area is 150 Å². The third-order valence-electron chi connectivity index (χ3n) is 4.81. The molecule has 5 rings (SSSR count). The van der Waals surface area contributed by atoms with E-state index in [9.17, 15) is 4.79 Å². The lowest BCUT2D eigenvalue weighted by molar-refractivity contribution is 0.102. The zero-order valence-corrected chi connectivity index (χ0v) is 14.0. The summed E-state index contributed by atoms with van der Waals surface area (Å²) in [6.07, 6.45) is 3.53. The summed E-state index contributed by atoms with van der Waals surface area (Å²) in [7, 11) is 0. The minimum atomic E-state index is 0.103. The van der Waals surface area contributed by atoms with Gasteiger partial charge in [-0.1, -0.05) is 24.3 Å². The maximum Gasteiger partial charge on any atom is 0.231 e. The zero-order valence-electron chi connectivity index (χ0n) is 14.0. The fourth-order valence-corrected chi connectivity index (χ4v) is 3.46. The van der Waals surface area contributed by atoms with E-state index in [1.165, 1.54) is 0 Å². The molecule has 2 aromatic carbocycles. The normalized spacial score (nSPS) is 16.8. The summed E-state index contributed by atoms with van der Waals surface area (Å²) in [5, 5.41) is 7.38. The van der Waals surface area contributed by atoms with Crippen molar-refractivity contribution in [3.8, 4) is 22.8 Å². The highest BCUT2D eigenvalue weighted by molar-refractivity contribution is 6.13. The molecule has 0 saturated carbocycles. The SMILES string of the molecule is O=C1/C(=C/c2cc(-c3ccc4c(c3)OCO4)n[nH]2)CCc2ccccc21. The van der Waals surface area contributed by atoms with Crippen LogP contribution >= 0.6 is 0 Å². The van der Waals surface area contributed by atoms with Gasteiger partial charge in [-0.25, -0.2) is 0 Å². The highest BCUT2D eigenvalue weighted by atomic mass is 16.7. The molecule has 1 aliphatic carbocycles. The first kappa shape index (κ1) is 15.0. The number of nitrogens with zero attached hydrogens (tertiary/aromatic N) is 1. The number of rotatable bonds is 2. The van der Waals surface area contributed by atoms with Crippen LogP contribution in [-0.2, 0) is 6.42 Å². The monoisotopic (exact) mass is 344 g/mol. The number of allylic oxidation sites excluding steroid dienone is 1. The van der Waals surface area contributed by atoms with Crippen LogP contribution in [0.1, 0.15) is 28.0 Å². The Morgan fingerprint density at radius 2 is 1.88 bits per heavy atom. The summed E-state index contributed by atoms with van der Waals surface area (Å²) in [5.41, 5.74) is 5.31. The molecule has 1 aromatic heterocycles. The number of nitrogens with one attached hydrogen (secondary N) is 1. The quantitative estimate of drug-likeness (QED) is 0.713. The maximum atomic E-state index is 12.7. The number of carbonyl (C=O) groups is 1. The number of aromatic amines is 1. The van der Waals surface area contributed by atoms with Gasteiger partial charge in [0.25, 0.3) is 0 Å². The summed E-state index contributed by atoms with van der Waals surface area (Å²) in [6.45, 7) is 0.250. The second-order valence-electron chi connectivity index (χ2n) is 6.43. The number of benzene rings is 2. The Balaban J connectivity index is 1.44. The molecule has 128 valence electrons. The second kappa shape index (κ2) is 5.88. The van der Waals surface area contributed by atoms with Crippen molar-refractivity contribution in [2.75, 3.05) is 6.79 Å². The number of aryl methyl sites for hydroxylation is 1. The number of hydrogen-bond donors (Lipinski definition) is 1. The van der Waals surface area contributed by atoms with E-state index in [0.29, 0.717) is 0 Å². The summed E-state index contributed by atoms with van der Waals surface area (Å²) in [6, 6.07) is 15.5. The van der Waals surface area contributed by atoms with E-state index < -0.39 is 0 Å². The van der Waals surface area contributed by atoms with Gasteiger partial charge in [-0.2, -0.15) is 5.10 Å². The Morgan fingerprint density at radius 1 is 1.00 bits per heavy atom. The number of hydrogen-bond acceptors (Lipinski definition) is 4. The predicted octanol–water partition coefficient (Wildman–Crippen LogP) is 4.02. The van der Waals surface area contributed by atoms with Crippen LogP contribution in [0.5, 0.6) is 11.5 Å². The number of carbonyl (C=O) groups excluding carboxylic acids is 1. The molecule has 5 heteroatoms. The van der Waals surface area contributed by atoms with Crippen molar-refractivity contribution in [3.05, 3.63) is 70.9 Å². The molecule has 0 unspecified atom stereocenters. The van der Waals surface area contributed by atoms with Gasteiger partial charge in [0.05, 0.1) is 11.4 Å². The first-order valence-corrected chi connectivity index (χ1v) is 8.56. The van der Waals surface area contributed by atoms with E-state index in [4.69, 9.17) is 9.47 Å². The van der Waals surface area contributed by atoms with Crippen molar-refractivity contribution in [2.24, 2.45) is 0 Å². The lowest BCUT2D eigenvalue weighted by atomic mass is 9.86. The molecule has 1 N–H and O–H groups in total. The number of ether oxygens (including phenoxy) is 2. The van der Waals surface area contributed by atoms with Crippen LogP contribution in [0, 0.1) is 0 Å². The summed E-state index contributed by atoms with van der Waals surface area (Å²) in [5.74, 6) is 1.58. The van der Waals surface area contributed by atoms with Crippen molar-refractivity contribution in [3.63, 3.8) is 0 Å². The second-order valence-corrected chi connectivity index (χ2v) is 6.43. The van der Waals surface area contributed by atoms with Crippen LogP contribution in [0.4, 0.5) is 0 Å². The van der Waals surface area contributed by atoms with Crippen LogP contribution in [0.25, 0.3) is 17.3 Å². The van der Waals surface area contributed by atoms with E-state index in [-0.39, 0.29) is 12.6 Å². The van der Waals surface area contributed by atoms with Gasteiger partial charge in [-0.3, -0.25) is 9.89 Å². The lowest BCUT2D eigenvalue weighted by Crippen LogP contribution is -2.13. The number of ketones is 1. The van der Waals surface area contributed by atoms with Gasteiger partial charge in [0.2, 0.25) is 6.79 Å². The molecule has 0 radical (unpaired) electrons. The third kappa shape index (κ3) is 2.49. The molecule has 2 heterocycles. The molecule has 0 bridgehead atoms. The highest BCUT2D eigenvalue weighted by Gasteiger charge is 2.21. The minimum Gasteiger partial charge on any atom is -0.454 e. The fraction of sp³-hybridized carbons (Fsp3) is 0.143. The Bertz CT molecular complexity index is 1050. The van der Waals surface area contributed by atoms with Crippen molar-refractivity contribution in [2.45, 2.75) is 12.8 Å². The molecule has 0 saturated heterocycles. The van der Waals surface area contributed by atoms with Gasteiger partial charge in [0.1, 0.15) is 0 Å². The van der Waals surface area contributed by atoms with Crippen LogP contribution < -0.4 is 9.47 Å². The molecule has 3 aromatic rings. The van der Waals surface area contributed by atoms with E-state index in [1.54, 1.807) is 0 Å². The van der Waals surface area contributed by atoms with Crippen molar-refractivity contribution in [1.82, 2.24) is 10.2 Å². The number of fused-ring (bicyclic) bond motifs is 2. The molecule has 0 spiro atoms. The van der Waals surface area contributed by atoms with Crippen molar-refractivity contribution in [1.29, 1.82) is 0 Å². The predicted molar refractivity (Wildman–Crippen MR) is 97.2 cm³/mol. The van der Waals surface area contributed by atoms with Gasteiger partial charge in [-0.05, 0) is 48.7 Å². The van der Waals surface area contributed by atoms with Crippen molar-refractivity contribution < 1.29 is 14.3 Å². The molecular formula is C21H16N2O3. The molecule has 26 heavy (non-hydrogen) atoms. The standard InChI is InChI=1S/C21H16N2O3/c24-21-15(6-5-13-3-1-2-4-17(13)21)9-16-11-18(23-22-16)14-7-8-19-20(10-14)26-12-25-19/h1-4,7-11H,5-6,12H2,(H,22,23)/b15-9+. The van der Waals surface area contributed by atoms with E-state index in [0.717, 1.165) is 58.0 Å². The van der Waals surface area contributed by atoms with Gasteiger partial charge < -0.3 is 9.47 Å². The minimum absolute atomic E-state index is 0.103. The van der Waals surface area contributed by atoms with E-state index >= 15 is 0 Å². The number of aromatic nitrogens is 2. The van der Waals surface area contributed by atoms with Crippen molar-refractivity contribution >= 4 is 11.9 Å². The first-order chi connectivity index (χ1) is 12.8. The first-order valence-electron chi connectivity index (χ1n) is 8.56. The van der Waals surface area contributed by atoms with E-state index in [2.05, 4.69) is 10.2 Å². The smallest absolute Gasteiger partial charge is 0.231 e. The molecule has 2 aliphatic rings. The average molecular weight is 344 g/mol. The largest absolute Gasteiger partial charge is 0.454 e. The third-order valence-corrected chi connectivity index (χ3v) is 4.81. The van der Waals surface area contributed by atoms with Gasteiger partial charge >= 0.3 is 0 Å². The number of H-pyrrole nitrogens is 1. The fourth-order valence-electron chi connectivity index (χ4n) is 3.46. The zero-order chi connectivity index (χ0) is 17.5. The molecule has 0 amide bonds. The van der Waals surface area contributed by atoms with Gasteiger partial charge in [0, 0.05) is 16.7 Å². The summed E-state index contributed by atoms with van der Waals surface area (Å²) < 4.78 is 10.8. The highest BCUT2D eigenvalue weighted by Crippen LogP contribution is 2.35. The van der Waals surface area contributed by atoms with Crippen LogP contribution in [0.15, 0.2) is 54.1 Å². The van der Waals surface area contributed by atoms with Crippen LogP contribution in [0.2, 0.25) is 0 Å². The number of Topliss-reactive ketones (excluding diaryl/α,β-unsaturated/α-hetero) is 1. The summed E-state index contributed by atoms with van der Waals surface area (Å²) in [4.78, 5) is 12.7. The van der Waals surface area contributed by atoms with Crippen LogP contribution in [0.3, 0.4) is 0 Å². The van der Waals surface area contributed by atoms with Gasteiger partial charge in [-0.15, -0.1) is 0 Å². The average Bonchev–Trinajstić information content (AvgIpc) is 3.33.